The van der Waals surface area contributed by atoms with Gasteiger partial charge in [0, 0.05) is 6.54 Å². The van der Waals surface area contributed by atoms with Gasteiger partial charge in [-0.05, 0) is 26.2 Å². The second kappa shape index (κ2) is 3.80. The molecule has 1 aromatic heterocycles. The minimum Gasteiger partial charge on any atom is -0.384 e. The highest BCUT2D eigenvalue weighted by molar-refractivity contribution is 6.31. The molecule has 0 radical (unpaired) electrons. The summed E-state index contributed by atoms with van der Waals surface area (Å²) in [4.78, 5) is 0. The Balaban J connectivity index is 2.28. The van der Waals surface area contributed by atoms with Crippen molar-refractivity contribution in [3.05, 3.63) is 16.9 Å². The summed E-state index contributed by atoms with van der Waals surface area (Å²) in [6.45, 7) is 4.57. The van der Waals surface area contributed by atoms with Crippen LogP contribution in [-0.2, 0) is 12.1 Å². The van der Waals surface area contributed by atoms with Gasteiger partial charge in [-0.15, -0.1) is 0 Å². The highest BCUT2D eigenvalue weighted by atomic mass is 35.5. The number of aryl methyl sites for hydroxylation is 1. The molecule has 0 aromatic carbocycles. The summed E-state index contributed by atoms with van der Waals surface area (Å²) in [7, 11) is 0. The summed E-state index contributed by atoms with van der Waals surface area (Å²) in [5, 5.41) is 15.2. The van der Waals surface area contributed by atoms with Gasteiger partial charge in [0.25, 0.3) is 0 Å². The van der Waals surface area contributed by atoms with Gasteiger partial charge in [-0.3, -0.25) is 4.68 Å². The first-order valence-corrected chi connectivity index (χ1v) is 5.86. The monoisotopic (exact) mass is 228 g/mol. The molecule has 15 heavy (non-hydrogen) atoms. The lowest BCUT2D eigenvalue weighted by molar-refractivity contribution is 0.0327. The van der Waals surface area contributed by atoms with Crippen LogP contribution < -0.4 is 0 Å². The predicted molar refractivity (Wildman–Crippen MR) is 59.8 cm³/mol. The van der Waals surface area contributed by atoms with Crippen LogP contribution in [0.25, 0.3) is 0 Å². The predicted octanol–water partition coefficient (Wildman–Crippen LogP) is 2.56. The van der Waals surface area contributed by atoms with E-state index in [0.29, 0.717) is 10.9 Å². The van der Waals surface area contributed by atoms with Gasteiger partial charge in [-0.25, -0.2) is 0 Å². The van der Waals surface area contributed by atoms with E-state index in [1.54, 1.807) is 10.9 Å². The molecular weight excluding hydrogens is 212 g/mol. The molecule has 1 aliphatic carbocycles. The Bertz CT molecular complexity index is 355. The first kappa shape index (κ1) is 11.0. The van der Waals surface area contributed by atoms with E-state index in [2.05, 4.69) is 5.10 Å². The van der Waals surface area contributed by atoms with Crippen molar-refractivity contribution < 1.29 is 5.11 Å². The minimum atomic E-state index is -0.842. The standard InChI is InChI=1S/C11H17ClN2O/c1-3-14-10(9(12)7-13-14)11(2,15)6-8-4-5-8/h7-8,15H,3-6H2,1-2H3. The lowest BCUT2D eigenvalue weighted by Gasteiger charge is -2.24. The van der Waals surface area contributed by atoms with Gasteiger partial charge in [-0.1, -0.05) is 24.4 Å². The fraction of sp³-hybridized carbons (Fsp3) is 0.727. The molecule has 3 nitrogen and oxygen atoms in total. The highest BCUT2D eigenvalue weighted by Gasteiger charge is 2.36. The van der Waals surface area contributed by atoms with Crippen LogP contribution in [0.4, 0.5) is 0 Å². The Labute approximate surface area is 95.0 Å². The Morgan fingerprint density at radius 1 is 1.67 bits per heavy atom. The molecule has 84 valence electrons. The van der Waals surface area contributed by atoms with Crippen LogP contribution in [0.3, 0.4) is 0 Å². The van der Waals surface area contributed by atoms with Gasteiger partial charge >= 0.3 is 0 Å². The number of rotatable bonds is 4. The van der Waals surface area contributed by atoms with Gasteiger partial charge in [0.15, 0.2) is 0 Å². The Morgan fingerprint density at radius 3 is 2.87 bits per heavy atom. The third kappa shape index (κ3) is 2.18. The average Bonchev–Trinajstić information content (AvgIpc) is 2.85. The first-order valence-electron chi connectivity index (χ1n) is 5.48. The fourth-order valence-corrected chi connectivity index (χ4v) is 2.46. The van der Waals surface area contributed by atoms with Crippen molar-refractivity contribution >= 4 is 11.6 Å². The van der Waals surface area contributed by atoms with Crippen molar-refractivity contribution in [3.8, 4) is 0 Å². The molecule has 1 atom stereocenters. The summed E-state index contributed by atoms with van der Waals surface area (Å²) < 4.78 is 1.78. The van der Waals surface area contributed by atoms with Crippen LogP contribution in [0.1, 0.15) is 38.8 Å². The van der Waals surface area contributed by atoms with Gasteiger partial charge in [0.1, 0.15) is 5.60 Å². The Hall–Kier alpha value is -0.540. The number of nitrogens with zero attached hydrogens (tertiary/aromatic N) is 2. The van der Waals surface area contributed by atoms with E-state index in [9.17, 15) is 5.11 Å². The summed E-state index contributed by atoms with van der Waals surface area (Å²) >= 11 is 6.07. The van der Waals surface area contributed by atoms with Crippen molar-refractivity contribution in [1.82, 2.24) is 9.78 Å². The number of aromatic nitrogens is 2. The summed E-state index contributed by atoms with van der Waals surface area (Å²) in [5.74, 6) is 0.663. The Kier molecular flexibility index (Phi) is 2.77. The molecule has 1 N–H and O–H groups in total. The van der Waals surface area contributed by atoms with E-state index in [1.807, 2.05) is 13.8 Å². The zero-order valence-electron chi connectivity index (χ0n) is 9.20. The number of aliphatic hydroxyl groups is 1. The van der Waals surface area contributed by atoms with E-state index in [1.165, 1.54) is 12.8 Å². The van der Waals surface area contributed by atoms with Crippen molar-refractivity contribution in [2.24, 2.45) is 5.92 Å². The highest BCUT2D eigenvalue weighted by Crippen LogP contribution is 2.42. The molecule has 1 aliphatic rings. The third-order valence-electron chi connectivity index (χ3n) is 2.99. The molecule has 0 aliphatic heterocycles. The lowest BCUT2D eigenvalue weighted by Crippen LogP contribution is -2.26. The summed E-state index contributed by atoms with van der Waals surface area (Å²) in [6, 6.07) is 0. The van der Waals surface area contributed by atoms with E-state index >= 15 is 0 Å². The third-order valence-corrected chi connectivity index (χ3v) is 3.26. The maximum Gasteiger partial charge on any atom is 0.105 e. The number of hydrogen-bond acceptors (Lipinski definition) is 2. The van der Waals surface area contributed by atoms with E-state index in [0.717, 1.165) is 18.7 Å². The van der Waals surface area contributed by atoms with Crippen LogP contribution in [0.5, 0.6) is 0 Å². The number of hydrogen-bond donors (Lipinski definition) is 1. The second-order valence-corrected chi connectivity index (χ2v) is 4.99. The van der Waals surface area contributed by atoms with Gasteiger partial charge in [-0.2, -0.15) is 5.10 Å². The van der Waals surface area contributed by atoms with Gasteiger partial charge in [0.2, 0.25) is 0 Å². The zero-order chi connectivity index (χ0) is 11.1. The topological polar surface area (TPSA) is 38.0 Å². The van der Waals surface area contributed by atoms with Crippen LogP contribution in [0.2, 0.25) is 5.02 Å². The second-order valence-electron chi connectivity index (χ2n) is 4.58. The molecule has 1 aromatic rings. The molecule has 4 heteroatoms. The first-order chi connectivity index (χ1) is 7.04. The normalized spacial score (nSPS) is 20.3. The van der Waals surface area contributed by atoms with Crippen molar-refractivity contribution in [3.63, 3.8) is 0 Å². The molecule has 1 saturated carbocycles. The molecule has 0 spiro atoms. The SMILES string of the molecule is CCn1ncc(Cl)c1C(C)(O)CC1CC1. The van der Waals surface area contributed by atoms with E-state index in [4.69, 9.17) is 11.6 Å². The van der Waals surface area contributed by atoms with Crippen molar-refractivity contribution in [2.75, 3.05) is 0 Å². The quantitative estimate of drug-likeness (QED) is 0.860. The molecular formula is C11H17ClN2O. The summed E-state index contributed by atoms with van der Waals surface area (Å²) in [5.41, 5.74) is -0.0799. The zero-order valence-corrected chi connectivity index (χ0v) is 9.96. The fourth-order valence-electron chi connectivity index (χ4n) is 2.12. The van der Waals surface area contributed by atoms with Crippen molar-refractivity contribution in [2.45, 2.75) is 45.3 Å². The molecule has 0 saturated heterocycles. The number of halogens is 1. The molecule has 1 unspecified atom stereocenters. The molecule has 0 bridgehead atoms. The van der Waals surface area contributed by atoms with Crippen molar-refractivity contribution in [1.29, 1.82) is 0 Å². The molecule has 2 rings (SSSR count). The molecule has 1 fully saturated rings. The minimum absolute atomic E-state index is 0.572. The lowest BCUT2D eigenvalue weighted by atomic mass is 9.95. The summed E-state index contributed by atoms with van der Waals surface area (Å²) in [6.07, 6.45) is 4.86. The van der Waals surface area contributed by atoms with Crippen LogP contribution >= 0.6 is 11.6 Å². The van der Waals surface area contributed by atoms with Crippen LogP contribution in [0.15, 0.2) is 6.20 Å². The van der Waals surface area contributed by atoms with E-state index < -0.39 is 5.60 Å². The van der Waals surface area contributed by atoms with Gasteiger partial charge < -0.3 is 5.11 Å². The average molecular weight is 229 g/mol. The molecule has 0 amide bonds. The van der Waals surface area contributed by atoms with E-state index in [-0.39, 0.29) is 0 Å². The van der Waals surface area contributed by atoms with Gasteiger partial charge in [0.05, 0.1) is 16.9 Å². The maximum atomic E-state index is 10.4. The molecule has 1 heterocycles. The largest absolute Gasteiger partial charge is 0.384 e. The van der Waals surface area contributed by atoms with Crippen LogP contribution in [-0.4, -0.2) is 14.9 Å². The smallest absolute Gasteiger partial charge is 0.105 e. The Morgan fingerprint density at radius 2 is 2.33 bits per heavy atom. The van der Waals surface area contributed by atoms with Crippen LogP contribution in [0, 0.1) is 5.92 Å². The maximum absolute atomic E-state index is 10.4.